The minimum Gasteiger partial charge on any atom is -0.295 e. The van der Waals surface area contributed by atoms with E-state index in [1.54, 1.807) is 0 Å². The minimum absolute atomic E-state index is 1.05. The fourth-order valence-corrected chi connectivity index (χ4v) is 2.87. The van der Waals surface area contributed by atoms with Crippen LogP contribution in [0.1, 0.15) is 23.1 Å². The van der Waals surface area contributed by atoms with Gasteiger partial charge in [-0.1, -0.05) is 60.7 Å². The summed E-state index contributed by atoms with van der Waals surface area (Å²) in [6.45, 7) is 5.46. The average molecular weight is 263 g/mol. The van der Waals surface area contributed by atoms with Crippen molar-refractivity contribution in [2.24, 2.45) is 0 Å². The van der Waals surface area contributed by atoms with E-state index in [0.29, 0.717) is 0 Å². The van der Waals surface area contributed by atoms with Crippen LogP contribution in [0.2, 0.25) is 0 Å². The molecule has 0 atom stereocenters. The summed E-state index contributed by atoms with van der Waals surface area (Å²) in [6, 6.07) is 19.4. The number of rotatable bonds is 3. The van der Waals surface area contributed by atoms with Gasteiger partial charge in [0.25, 0.3) is 0 Å². The lowest BCUT2D eigenvalue weighted by Crippen LogP contribution is -2.28. The summed E-state index contributed by atoms with van der Waals surface area (Å²) in [4.78, 5) is 2.51. The van der Waals surface area contributed by atoms with Crippen LogP contribution in [0.4, 0.5) is 0 Å². The van der Waals surface area contributed by atoms with E-state index < -0.39 is 0 Å². The monoisotopic (exact) mass is 263 g/mol. The van der Waals surface area contributed by atoms with E-state index in [-0.39, 0.29) is 0 Å². The fourth-order valence-electron chi connectivity index (χ4n) is 2.87. The smallest absolute Gasteiger partial charge is 0.0237 e. The van der Waals surface area contributed by atoms with Crippen molar-refractivity contribution in [2.75, 3.05) is 13.1 Å². The molecule has 0 unspecified atom stereocenters. The molecule has 2 aromatic rings. The van der Waals surface area contributed by atoms with Gasteiger partial charge in [0.15, 0.2) is 0 Å². The van der Waals surface area contributed by atoms with Crippen molar-refractivity contribution >= 4 is 5.57 Å². The van der Waals surface area contributed by atoms with E-state index in [0.717, 1.165) is 26.1 Å². The van der Waals surface area contributed by atoms with E-state index >= 15 is 0 Å². The zero-order chi connectivity index (χ0) is 13.8. The zero-order valence-corrected chi connectivity index (χ0v) is 12.0. The molecule has 1 heteroatoms. The van der Waals surface area contributed by atoms with Crippen molar-refractivity contribution in [1.82, 2.24) is 4.90 Å². The Morgan fingerprint density at radius 2 is 1.70 bits per heavy atom. The molecule has 3 rings (SSSR count). The van der Waals surface area contributed by atoms with Gasteiger partial charge < -0.3 is 0 Å². The summed E-state index contributed by atoms with van der Waals surface area (Å²) >= 11 is 0. The average Bonchev–Trinajstić information content (AvgIpc) is 2.50. The number of hydrogen-bond donors (Lipinski definition) is 0. The van der Waals surface area contributed by atoms with Crippen molar-refractivity contribution in [3.8, 4) is 0 Å². The van der Waals surface area contributed by atoms with Gasteiger partial charge in [0.2, 0.25) is 0 Å². The van der Waals surface area contributed by atoms with E-state index in [4.69, 9.17) is 0 Å². The molecular formula is C19H21N. The molecule has 0 aliphatic carbocycles. The van der Waals surface area contributed by atoms with Gasteiger partial charge in [-0.3, -0.25) is 4.90 Å². The predicted octanol–water partition coefficient (Wildman–Crippen LogP) is 4.28. The van der Waals surface area contributed by atoms with Gasteiger partial charge in [0, 0.05) is 19.6 Å². The lowest BCUT2D eigenvalue weighted by molar-refractivity contribution is 0.294. The summed E-state index contributed by atoms with van der Waals surface area (Å²) in [7, 11) is 0. The molecule has 1 aliphatic rings. The van der Waals surface area contributed by atoms with Crippen molar-refractivity contribution < 1.29 is 0 Å². The van der Waals surface area contributed by atoms with E-state index in [1.807, 2.05) is 0 Å². The maximum Gasteiger partial charge on any atom is 0.0237 e. The molecule has 0 saturated heterocycles. The molecule has 0 N–H and O–H groups in total. The molecule has 0 spiro atoms. The van der Waals surface area contributed by atoms with E-state index in [2.05, 4.69) is 72.5 Å². The summed E-state index contributed by atoms with van der Waals surface area (Å²) in [6.07, 6.45) is 3.55. The Kier molecular flexibility index (Phi) is 3.98. The molecule has 0 radical (unpaired) electrons. The largest absolute Gasteiger partial charge is 0.295 e. The highest BCUT2D eigenvalue weighted by Crippen LogP contribution is 2.25. The normalized spacial score (nSPS) is 15.9. The van der Waals surface area contributed by atoms with Crippen LogP contribution in [-0.4, -0.2) is 18.0 Å². The third-order valence-electron chi connectivity index (χ3n) is 4.03. The number of benzene rings is 2. The van der Waals surface area contributed by atoms with Crippen LogP contribution in [0, 0.1) is 6.92 Å². The summed E-state index contributed by atoms with van der Waals surface area (Å²) in [5.41, 5.74) is 5.72. The Hall–Kier alpha value is -1.86. The van der Waals surface area contributed by atoms with E-state index in [9.17, 15) is 0 Å². The molecule has 0 amide bonds. The lowest BCUT2D eigenvalue weighted by atomic mass is 9.95. The Bertz CT molecular complexity index is 598. The highest BCUT2D eigenvalue weighted by molar-refractivity contribution is 5.69. The van der Waals surface area contributed by atoms with Gasteiger partial charge in [0.05, 0.1) is 0 Å². The molecule has 1 nitrogen and oxygen atoms in total. The number of nitrogens with zero attached hydrogens (tertiary/aromatic N) is 1. The molecule has 1 aliphatic heterocycles. The van der Waals surface area contributed by atoms with Crippen molar-refractivity contribution in [1.29, 1.82) is 0 Å². The lowest BCUT2D eigenvalue weighted by Gasteiger charge is -2.27. The number of hydrogen-bond acceptors (Lipinski definition) is 1. The molecule has 0 aromatic heterocycles. The second-order valence-electron chi connectivity index (χ2n) is 5.51. The van der Waals surface area contributed by atoms with Crippen LogP contribution in [0.3, 0.4) is 0 Å². The topological polar surface area (TPSA) is 3.24 Å². The van der Waals surface area contributed by atoms with Gasteiger partial charge in [-0.05, 0) is 35.6 Å². The molecular weight excluding hydrogens is 242 g/mol. The van der Waals surface area contributed by atoms with Gasteiger partial charge in [-0.15, -0.1) is 0 Å². The van der Waals surface area contributed by atoms with Crippen molar-refractivity contribution in [2.45, 2.75) is 19.9 Å². The van der Waals surface area contributed by atoms with Crippen LogP contribution in [0.5, 0.6) is 0 Å². The van der Waals surface area contributed by atoms with Crippen LogP contribution >= 0.6 is 0 Å². The fraction of sp³-hybridized carbons (Fsp3) is 0.263. The summed E-state index contributed by atoms with van der Waals surface area (Å²) < 4.78 is 0. The van der Waals surface area contributed by atoms with Crippen molar-refractivity contribution in [3.63, 3.8) is 0 Å². The number of aryl methyl sites for hydroxylation is 1. The molecule has 0 bridgehead atoms. The second kappa shape index (κ2) is 6.06. The standard InChI is InChI=1S/C19H21N/c1-16-7-5-6-10-19(16)18-11-13-20(14-12-18)15-17-8-3-2-4-9-17/h2-11H,12-15H2,1H3. The highest BCUT2D eigenvalue weighted by atomic mass is 15.1. The van der Waals surface area contributed by atoms with Gasteiger partial charge in [-0.2, -0.15) is 0 Å². The summed E-state index contributed by atoms with van der Waals surface area (Å²) in [5.74, 6) is 0. The maximum absolute atomic E-state index is 2.51. The first-order valence-corrected chi connectivity index (χ1v) is 7.34. The van der Waals surface area contributed by atoms with Gasteiger partial charge in [0.1, 0.15) is 0 Å². The van der Waals surface area contributed by atoms with Crippen LogP contribution in [0.15, 0.2) is 60.7 Å². The second-order valence-corrected chi connectivity index (χ2v) is 5.51. The van der Waals surface area contributed by atoms with E-state index in [1.165, 1.54) is 22.3 Å². The first kappa shape index (κ1) is 13.1. The Morgan fingerprint density at radius 3 is 2.40 bits per heavy atom. The quantitative estimate of drug-likeness (QED) is 0.798. The predicted molar refractivity (Wildman–Crippen MR) is 85.5 cm³/mol. The minimum atomic E-state index is 1.05. The molecule has 2 aromatic carbocycles. The molecule has 0 saturated carbocycles. The molecule has 0 fully saturated rings. The molecule has 20 heavy (non-hydrogen) atoms. The Balaban J connectivity index is 1.68. The van der Waals surface area contributed by atoms with Crippen molar-refractivity contribution in [3.05, 3.63) is 77.4 Å². The van der Waals surface area contributed by atoms with Crippen LogP contribution in [-0.2, 0) is 6.54 Å². The Morgan fingerprint density at radius 1 is 0.950 bits per heavy atom. The van der Waals surface area contributed by atoms with Gasteiger partial charge >= 0.3 is 0 Å². The Labute approximate surface area is 121 Å². The molecule has 1 heterocycles. The first-order valence-electron chi connectivity index (χ1n) is 7.34. The highest BCUT2D eigenvalue weighted by Gasteiger charge is 2.13. The van der Waals surface area contributed by atoms with Gasteiger partial charge in [-0.25, -0.2) is 0 Å². The summed E-state index contributed by atoms with van der Waals surface area (Å²) in [5, 5.41) is 0. The maximum atomic E-state index is 2.51. The first-order chi connectivity index (χ1) is 9.83. The van der Waals surface area contributed by atoms with Crippen LogP contribution < -0.4 is 0 Å². The third kappa shape index (κ3) is 3.00. The van der Waals surface area contributed by atoms with Crippen LogP contribution in [0.25, 0.3) is 5.57 Å². The third-order valence-corrected chi connectivity index (χ3v) is 4.03. The SMILES string of the molecule is Cc1ccccc1C1=CCN(Cc2ccccc2)CC1. The zero-order valence-electron chi connectivity index (χ0n) is 12.0. The molecule has 102 valence electrons.